The zero-order valence-corrected chi connectivity index (χ0v) is 18.5. The molecular formula is C21H18Br2N6. The highest BCUT2D eigenvalue weighted by Crippen LogP contribution is 2.15. The van der Waals surface area contributed by atoms with Gasteiger partial charge in [-0.05, 0) is 36.4 Å². The molecule has 6 nitrogen and oxygen atoms in total. The first-order valence-corrected chi connectivity index (χ1v) is 10.2. The number of benzene rings is 2. The lowest BCUT2D eigenvalue weighted by molar-refractivity contribution is 1.02. The molecule has 3 heterocycles. The zero-order chi connectivity index (χ0) is 20.3. The van der Waals surface area contributed by atoms with Crippen molar-refractivity contribution in [2.45, 2.75) is 0 Å². The Kier molecular flexibility index (Phi) is 7.97. The van der Waals surface area contributed by atoms with Crippen LogP contribution in [-0.2, 0) is 0 Å². The summed E-state index contributed by atoms with van der Waals surface area (Å²) >= 11 is 6.66. The number of imidazole rings is 3. The predicted molar refractivity (Wildman–Crippen MR) is 121 cm³/mol. The van der Waals surface area contributed by atoms with Gasteiger partial charge in [-0.2, -0.15) is 0 Å². The van der Waals surface area contributed by atoms with Crippen molar-refractivity contribution in [3.8, 4) is 11.4 Å². The fraction of sp³-hybridized carbons (Fsp3) is 0. The molecular weight excluding hydrogens is 496 g/mol. The van der Waals surface area contributed by atoms with Crippen LogP contribution in [0.15, 0.2) is 114 Å². The van der Waals surface area contributed by atoms with E-state index in [9.17, 15) is 0 Å². The molecule has 0 amide bonds. The molecule has 5 aromatic rings. The molecule has 0 atom stereocenters. The second kappa shape index (κ2) is 11.1. The Labute approximate surface area is 185 Å². The number of rotatable bonds is 2. The highest BCUT2D eigenvalue weighted by molar-refractivity contribution is 9.11. The van der Waals surface area contributed by atoms with Crippen molar-refractivity contribution in [2.75, 3.05) is 0 Å². The third kappa shape index (κ3) is 6.85. The third-order valence-corrected chi connectivity index (χ3v) is 4.61. The van der Waals surface area contributed by atoms with E-state index in [0.717, 1.165) is 20.3 Å². The Bertz CT molecular complexity index is 990. The molecule has 0 spiro atoms. The van der Waals surface area contributed by atoms with Gasteiger partial charge in [0, 0.05) is 57.5 Å². The summed E-state index contributed by atoms with van der Waals surface area (Å²) < 4.78 is 6.15. The molecule has 3 aromatic heterocycles. The van der Waals surface area contributed by atoms with Crippen molar-refractivity contribution in [1.29, 1.82) is 0 Å². The first kappa shape index (κ1) is 20.8. The highest BCUT2D eigenvalue weighted by atomic mass is 79.9. The minimum absolute atomic E-state index is 1.09. The number of aromatic amines is 1. The average Bonchev–Trinajstić information content (AvgIpc) is 3.54. The Morgan fingerprint density at radius 2 is 1.28 bits per heavy atom. The molecule has 146 valence electrons. The average molecular weight is 514 g/mol. The number of halogens is 2. The van der Waals surface area contributed by atoms with Crippen LogP contribution in [0.25, 0.3) is 11.4 Å². The van der Waals surface area contributed by atoms with E-state index in [1.807, 2.05) is 64.0 Å². The number of nitrogens with one attached hydrogen (secondary N) is 1. The number of hydrogen-bond donors (Lipinski definition) is 1. The quantitative estimate of drug-likeness (QED) is 0.330. The molecule has 0 aliphatic heterocycles. The van der Waals surface area contributed by atoms with Crippen LogP contribution >= 0.6 is 31.9 Å². The van der Waals surface area contributed by atoms with Gasteiger partial charge in [0.25, 0.3) is 0 Å². The van der Waals surface area contributed by atoms with E-state index in [0.29, 0.717) is 0 Å². The van der Waals surface area contributed by atoms with Crippen LogP contribution in [0.3, 0.4) is 0 Å². The lowest BCUT2D eigenvalue weighted by Gasteiger charge is -2.06. The van der Waals surface area contributed by atoms with Gasteiger partial charge in [0.15, 0.2) is 0 Å². The second-order valence-electron chi connectivity index (χ2n) is 5.66. The van der Waals surface area contributed by atoms with Crippen LogP contribution in [0.5, 0.6) is 0 Å². The van der Waals surface area contributed by atoms with Crippen molar-refractivity contribution in [1.82, 2.24) is 29.1 Å². The predicted octanol–water partition coefficient (Wildman–Crippen LogP) is 5.68. The summed E-state index contributed by atoms with van der Waals surface area (Å²) in [6.07, 6.45) is 16.0. The maximum atomic E-state index is 4.03. The van der Waals surface area contributed by atoms with Crippen molar-refractivity contribution >= 4 is 31.9 Å². The number of aromatic nitrogens is 6. The molecule has 29 heavy (non-hydrogen) atoms. The van der Waals surface area contributed by atoms with E-state index < -0.39 is 0 Å². The van der Waals surface area contributed by atoms with E-state index in [1.165, 1.54) is 0 Å². The topological polar surface area (TPSA) is 64.3 Å². The molecule has 0 radical (unpaired) electrons. The lowest BCUT2D eigenvalue weighted by atomic mass is 10.2. The fourth-order valence-electron chi connectivity index (χ4n) is 2.31. The molecule has 0 aliphatic rings. The number of H-pyrrole nitrogens is 1. The summed E-state index contributed by atoms with van der Waals surface area (Å²) in [4.78, 5) is 14.5. The lowest BCUT2D eigenvalue weighted by Crippen LogP contribution is -1.94. The standard InChI is InChI=1S/C12H10N4.C6H4Br2.C3H4N2/c1-2-11(15-6-4-13-9-15)8-12(3-1)16-7-5-14-10-16;7-5-2-1-3-6(8)4-5;1-2-5-3-4-1/h1-10H;1-4H;1-3H,(H,4,5). The van der Waals surface area contributed by atoms with Crippen LogP contribution in [0.2, 0.25) is 0 Å². The summed E-state index contributed by atoms with van der Waals surface area (Å²) in [7, 11) is 0. The smallest absolute Gasteiger partial charge is 0.0991 e. The van der Waals surface area contributed by atoms with Crippen molar-refractivity contribution in [3.63, 3.8) is 0 Å². The monoisotopic (exact) mass is 512 g/mol. The van der Waals surface area contributed by atoms with Crippen molar-refractivity contribution < 1.29 is 0 Å². The number of hydrogen-bond acceptors (Lipinski definition) is 3. The van der Waals surface area contributed by atoms with Gasteiger partial charge in [-0.15, -0.1) is 0 Å². The van der Waals surface area contributed by atoms with Crippen LogP contribution in [-0.4, -0.2) is 29.1 Å². The molecule has 0 fully saturated rings. The van der Waals surface area contributed by atoms with Crippen LogP contribution in [0.4, 0.5) is 0 Å². The maximum absolute atomic E-state index is 4.03. The number of nitrogens with zero attached hydrogens (tertiary/aromatic N) is 5. The molecule has 0 saturated carbocycles. The van der Waals surface area contributed by atoms with Gasteiger partial charge in [0.1, 0.15) is 0 Å². The van der Waals surface area contributed by atoms with Gasteiger partial charge in [-0.1, -0.05) is 44.0 Å². The summed E-state index contributed by atoms with van der Waals surface area (Å²) in [6, 6.07) is 16.2. The van der Waals surface area contributed by atoms with Gasteiger partial charge in [-0.25, -0.2) is 15.0 Å². The van der Waals surface area contributed by atoms with Gasteiger partial charge in [0.05, 0.1) is 19.0 Å². The zero-order valence-electron chi connectivity index (χ0n) is 15.3. The van der Waals surface area contributed by atoms with Crippen LogP contribution in [0.1, 0.15) is 0 Å². The Morgan fingerprint density at radius 1 is 0.690 bits per heavy atom. The Hall–Kier alpha value is -2.97. The minimum Gasteiger partial charge on any atom is -0.351 e. The van der Waals surface area contributed by atoms with E-state index in [4.69, 9.17) is 0 Å². The Morgan fingerprint density at radius 3 is 1.62 bits per heavy atom. The van der Waals surface area contributed by atoms with Crippen LogP contribution in [0, 0.1) is 0 Å². The second-order valence-corrected chi connectivity index (χ2v) is 7.49. The van der Waals surface area contributed by atoms with E-state index in [1.54, 1.807) is 43.8 Å². The molecule has 2 aromatic carbocycles. The molecule has 1 N–H and O–H groups in total. The van der Waals surface area contributed by atoms with Gasteiger partial charge < -0.3 is 14.1 Å². The summed E-state index contributed by atoms with van der Waals surface area (Å²) in [5, 5.41) is 0. The summed E-state index contributed by atoms with van der Waals surface area (Å²) in [5.41, 5.74) is 2.17. The SMILES string of the molecule is Brc1cccc(Br)c1.c1c[nH]cn1.c1cc(-n2ccnc2)cc(-n2ccnc2)c1. The Balaban J connectivity index is 0.000000153. The molecule has 5 rings (SSSR count). The van der Waals surface area contributed by atoms with Gasteiger partial charge in [0.2, 0.25) is 0 Å². The molecule has 0 aliphatic carbocycles. The summed E-state index contributed by atoms with van der Waals surface area (Å²) in [6.45, 7) is 0. The molecule has 0 unspecified atom stereocenters. The third-order valence-electron chi connectivity index (χ3n) is 3.63. The van der Waals surface area contributed by atoms with E-state index in [-0.39, 0.29) is 0 Å². The summed E-state index contributed by atoms with van der Waals surface area (Å²) in [5.74, 6) is 0. The van der Waals surface area contributed by atoms with Gasteiger partial charge in [-0.3, -0.25) is 0 Å². The molecule has 0 saturated heterocycles. The minimum atomic E-state index is 1.09. The van der Waals surface area contributed by atoms with E-state index >= 15 is 0 Å². The van der Waals surface area contributed by atoms with Crippen molar-refractivity contribution in [2.24, 2.45) is 0 Å². The molecule has 0 bridgehead atoms. The first-order chi connectivity index (χ1) is 14.2. The highest BCUT2D eigenvalue weighted by Gasteiger charge is 1.98. The fourth-order valence-corrected chi connectivity index (χ4v) is 3.42. The largest absolute Gasteiger partial charge is 0.351 e. The van der Waals surface area contributed by atoms with Crippen LogP contribution < -0.4 is 0 Å². The van der Waals surface area contributed by atoms with Crippen molar-refractivity contribution in [3.05, 3.63) is 114 Å². The van der Waals surface area contributed by atoms with E-state index in [2.05, 4.69) is 57.9 Å². The van der Waals surface area contributed by atoms with Gasteiger partial charge >= 0.3 is 0 Å². The normalized spacial score (nSPS) is 9.72. The molecule has 8 heteroatoms. The maximum Gasteiger partial charge on any atom is 0.0991 e. The first-order valence-electron chi connectivity index (χ1n) is 8.63.